The van der Waals surface area contributed by atoms with Gasteiger partial charge in [-0.3, -0.25) is 0 Å². The summed E-state index contributed by atoms with van der Waals surface area (Å²) in [5.74, 6) is 0.131. The molecule has 1 fully saturated rings. The zero-order chi connectivity index (χ0) is 20.0. The molecule has 2 N–H and O–H groups in total. The van der Waals surface area contributed by atoms with E-state index in [4.69, 9.17) is 12.2 Å². The molecule has 0 spiro atoms. The summed E-state index contributed by atoms with van der Waals surface area (Å²) in [6.45, 7) is 1.98. The average Bonchev–Trinajstić information content (AvgIpc) is 3.20. The molecule has 0 aliphatic carbocycles. The standard InChI is InChI=1S/C19H22F3N5S/c20-19(21,22)15-13-16(27-11-4-5-12-27)25-17(24-15)26-18(28)23-10-6-9-14-7-2-1-3-8-14/h1-3,7-8,13H,4-6,9-12H2,(H2,23,24,25,26,28). The van der Waals surface area contributed by atoms with Gasteiger partial charge in [-0.2, -0.15) is 18.2 Å². The summed E-state index contributed by atoms with van der Waals surface area (Å²) in [4.78, 5) is 9.64. The van der Waals surface area contributed by atoms with Crippen molar-refractivity contribution in [2.75, 3.05) is 29.9 Å². The van der Waals surface area contributed by atoms with Crippen LogP contribution in [-0.4, -0.2) is 34.7 Å². The highest BCUT2D eigenvalue weighted by Gasteiger charge is 2.34. The predicted octanol–water partition coefficient (Wildman–Crippen LogP) is 4.01. The smallest absolute Gasteiger partial charge is 0.362 e. The number of hydrogen-bond acceptors (Lipinski definition) is 4. The van der Waals surface area contributed by atoms with Gasteiger partial charge in [0.2, 0.25) is 5.95 Å². The SMILES string of the molecule is FC(F)(F)c1cc(N2CCCC2)nc(NC(=S)NCCCc2ccccc2)n1. The van der Waals surface area contributed by atoms with Crippen LogP contribution >= 0.6 is 12.2 Å². The lowest BCUT2D eigenvalue weighted by atomic mass is 10.1. The van der Waals surface area contributed by atoms with Crippen molar-refractivity contribution in [3.8, 4) is 0 Å². The van der Waals surface area contributed by atoms with Crippen LogP contribution in [0.15, 0.2) is 36.4 Å². The zero-order valence-electron chi connectivity index (χ0n) is 15.3. The van der Waals surface area contributed by atoms with Gasteiger partial charge in [0.1, 0.15) is 5.82 Å². The van der Waals surface area contributed by atoms with E-state index in [1.54, 1.807) is 0 Å². The van der Waals surface area contributed by atoms with Gasteiger partial charge in [-0.15, -0.1) is 0 Å². The Morgan fingerprint density at radius 3 is 2.50 bits per heavy atom. The van der Waals surface area contributed by atoms with Crippen LogP contribution in [0, 0.1) is 0 Å². The normalized spacial score (nSPS) is 14.2. The second kappa shape index (κ2) is 9.18. The van der Waals surface area contributed by atoms with Crippen molar-refractivity contribution in [3.63, 3.8) is 0 Å². The number of anilines is 2. The van der Waals surface area contributed by atoms with E-state index < -0.39 is 11.9 Å². The van der Waals surface area contributed by atoms with Gasteiger partial charge in [-0.1, -0.05) is 30.3 Å². The summed E-state index contributed by atoms with van der Waals surface area (Å²) in [6, 6.07) is 11.0. The number of thiocarbonyl (C=S) groups is 1. The van der Waals surface area contributed by atoms with Crippen LogP contribution in [0.3, 0.4) is 0 Å². The monoisotopic (exact) mass is 409 g/mol. The molecular formula is C19H22F3N5S. The number of benzene rings is 1. The maximum atomic E-state index is 13.2. The third-order valence-electron chi connectivity index (χ3n) is 4.43. The van der Waals surface area contributed by atoms with Gasteiger partial charge in [0, 0.05) is 25.7 Å². The molecule has 0 amide bonds. The topological polar surface area (TPSA) is 53.1 Å². The minimum Gasteiger partial charge on any atom is -0.362 e. The Balaban J connectivity index is 1.58. The molecule has 1 aliphatic rings. The van der Waals surface area contributed by atoms with Crippen molar-refractivity contribution in [2.24, 2.45) is 0 Å². The Morgan fingerprint density at radius 1 is 1.11 bits per heavy atom. The molecule has 0 unspecified atom stereocenters. The van der Waals surface area contributed by atoms with E-state index >= 15 is 0 Å². The van der Waals surface area contributed by atoms with E-state index in [1.807, 2.05) is 35.2 Å². The third-order valence-corrected chi connectivity index (χ3v) is 4.68. The van der Waals surface area contributed by atoms with Gasteiger partial charge >= 0.3 is 6.18 Å². The van der Waals surface area contributed by atoms with E-state index in [9.17, 15) is 13.2 Å². The van der Waals surface area contributed by atoms with E-state index in [2.05, 4.69) is 20.6 Å². The quantitative estimate of drug-likeness (QED) is 0.555. The molecule has 9 heteroatoms. The number of nitrogens with zero attached hydrogens (tertiary/aromatic N) is 3. The first kappa shape index (κ1) is 20.3. The number of aromatic nitrogens is 2. The first-order valence-electron chi connectivity index (χ1n) is 9.22. The first-order valence-corrected chi connectivity index (χ1v) is 9.62. The molecular weight excluding hydrogens is 387 g/mol. The molecule has 0 bridgehead atoms. The van der Waals surface area contributed by atoms with Gasteiger partial charge in [0.25, 0.3) is 0 Å². The highest BCUT2D eigenvalue weighted by Crippen LogP contribution is 2.31. The van der Waals surface area contributed by atoms with Crippen LogP contribution in [0.2, 0.25) is 0 Å². The highest BCUT2D eigenvalue weighted by atomic mass is 32.1. The van der Waals surface area contributed by atoms with Crippen molar-refractivity contribution in [1.29, 1.82) is 0 Å². The molecule has 1 saturated heterocycles. The Morgan fingerprint density at radius 2 is 1.82 bits per heavy atom. The third kappa shape index (κ3) is 5.79. The molecule has 28 heavy (non-hydrogen) atoms. The lowest BCUT2D eigenvalue weighted by molar-refractivity contribution is -0.141. The number of nitrogens with one attached hydrogen (secondary N) is 2. The molecule has 0 radical (unpaired) electrons. The highest BCUT2D eigenvalue weighted by molar-refractivity contribution is 7.80. The summed E-state index contributed by atoms with van der Waals surface area (Å²) < 4.78 is 39.6. The van der Waals surface area contributed by atoms with Crippen molar-refractivity contribution in [1.82, 2.24) is 15.3 Å². The molecule has 2 heterocycles. The van der Waals surface area contributed by atoms with E-state index in [-0.39, 0.29) is 16.9 Å². The minimum atomic E-state index is -4.54. The number of aryl methyl sites for hydroxylation is 1. The summed E-state index contributed by atoms with van der Waals surface area (Å²) >= 11 is 5.18. The Kier molecular flexibility index (Phi) is 6.66. The molecule has 3 rings (SSSR count). The Hall–Kier alpha value is -2.42. The molecule has 2 aromatic rings. The molecule has 1 aliphatic heterocycles. The molecule has 5 nitrogen and oxygen atoms in total. The van der Waals surface area contributed by atoms with E-state index in [1.165, 1.54) is 5.56 Å². The van der Waals surface area contributed by atoms with Gasteiger partial charge in [-0.25, -0.2) is 4.98 Å². The fourth-order valence-electron chi connectivity index (χ4n) is 3.03. The fourth-order valence-corrected chi connectivity index (χ4v) is 3.22. The molecule has 150 valence electrons. The summed E-state index contributed by atoms with van der Waals surface area (Å²) in [7, 11) is 0. The fraction of sp³-hybridized carbons (Fsp3) is 0.421. The van der Waals surface area contributed by atoms with Crippen molar-refractivity contribution >= 4 is 29.1 Å². The summed E-state index contributed by atoms with van der Waals surface area (Å²) in [6.07, 6.45) is -0.937. The lowest BCUT2D eigenvalue weighted by Gasteiger charge is -2.19. The molecule has 1 aromatic heterocycles. The summed E-state index contributed by atoms with van der Waals surface area (Å²) in [5.41, 5.74) is 0.249. The van der Waals surface area contributed by atoms with Gasteiger partial charge in [0.05, 0.1) is 0 Å². The molecule has 0 atom stereocenters. The lowest BCUT2D eigenvalue weighted by Crippen LogP contribution is -2.31. The van der Waals surface area contributed by atoms with Crippen LogP contribution in [0.4, 0.5) is 24.9 Å². The summed E-state index contributed by atoms with van der Waals surface area (Å²) in [5, 5.41) is 5.89. The van der Waals surface area contributed by atoms with Gasteiger partial charge in [-0.05, 0) is 43.5 Å². The van der Waals surface area contributed by atoms with Crippen LogP contribution in [-0.2, 0) is 12.6 Å². The van der Waals surface area contributed by atoms with Crippen LogP contribution in [0.25, 0.3) is 0 Å². The number of halogens is 3. The maximum Gasteiger partial charge on any atom is 0.433 e. The Bertz CT molecular complexity index is 792. The van der Waals surface area contributed by atoms with Crippen LogP contribution < -0.4 is 15.5 Å². The predicted molar refractivity (Wildman–Crippen MR) is 107 cm³/mol. The van der Waals surface area contributed by atoms with E-state index in [0.29, 0.717) is 19.6 Å². The Labute approximate surface area is 167 Å². The number of hydrogen-bond donors (Lipinski definition) is 2. The van der Waals surface area contributed by atoms with Crippen LogP contribution in [0.5, 0.6) is 0 Å². The van der Waals surface area contributed by atoms with Crippen molar-refractivity contribution in [2.45, 2.75) is 31.9 Å². The molecule has 0 saturated carbocycles. The van der Waals surface area contributed by atoms with Crippen molar-refractivity contribution < 1.29 is 13.2 Å². The zero-order valence-corrected chi connectivity index (χ0v) is 16.1. The molecule has 1 aromatic carbocycles. The number of rotatable bonds is 6. The average molecular weight is 409 g/mol. The maximum absolute atomic E-state index is 13.2. The second-order valence-corrected chi connectivity index (χ2v) is 7.01. The van der Waals surface area contributed by atoms with Gasteiger partial charge in [0.15, 0.2) is 10.8 Å². The van der Waals surface area contributed by atoms with Crippen molar-refractivity contribution in [3.05, 3.63) is 47.7 Å². The van der Waals surface area contributed by atoms with Gasteiger partial charge < -0.3 is 15.5 Å². The largest absolute Gasteiger partial charge is 0.433 e. The van der Waals surface area contributed by atoms with E-state index in [0.717, 1.165) is 31.7 Å². The first-order chi connectivity index (χ1) is 13.4. The second-order valence-electron chi connectivity index (χ2n) is 6.60. The van der Waals surface area contributed by atoms with Crippen LogP contribution in [0.1, 0.15) is 30.5 Å². The number of alkyl halides is 3. The minimum absolute atomic E-state index is 0.141.